The molecule has 0 aliphatic carbocycles. The standard InChI is InChI=1S/C8H12N2O2.C8H4O3.C6H10O4.C5H10O4.C2H6O2.CH4N2O.CH2O/c11-7-9-5-3-1-2-4-6-10-8-12;9-7-5-3-1-2-4-6(5)8(10)11-7;7-5(8)3-1-2-4-6(9)10;1-5(2-6,3-7)4(8)9;3-1-2-4;2-1(3)4;1-2/h1-6H2;1-4H;1-4H2,(H,7,8)(H,9,10);6-7H,2-3H2,1H3,(H,8,9);3-4H,1-2H2;(H4,2,3,4);1H2. The number of carbonyl (C=O) groups is 7. The van der Waals surface area contributed by atoms with Gasteiger partial charge in [-0.3, -0.25) is 14.4 Å². The van der Waals surface area contributed by atoms with E-state index in [2.05, 4.69) is 26.2 Å². The molecular weight excluding hydrogens is 700 g/mol. The lowest BCUT2D eigenvalue weighted by atomic mass is 9.94. The van der Waals surface area contributed by atoms with E-state index in [1.165, 1.54) is 19.1 Å². The summed E-state index contributed by atoms with van der Waals surface area (Å²) in [6, 6.07) is 5.70. The number of aliphatic hydroxyl groups excluding tert-OH is 4. The van der Waals surface area contributed by atoms with Crippen LogP contribution in [0.1, 0.15) is 79.0 Å². The molecule has 1 heterocycles. The Morgan fingerprint density at radius 2 is 1.04 bits per heavy atom. The lowest BCUT2D eigenvalue weighted by molar-refractivity contribution is -0.153. The number of nitrogens with zero attached hydrogens (tertiary/aromatic N) is 2. The number of benzene rings is 1. The number of aliphatic hydroxyl groups is 4. The molecule has 11 N–H and O–H groups in total. The van der Waals surface area contributed by atoms with Gasteiger partial charge in [-0.15, -0.1) is 0 Å². The number of amides is 2. The Bertz CT molecular complexity index is 1180. The van der Waals surface area contributed by atoms with Crippen LogP contribution in [0.4, 0.5) is 4.79 Å². The third-order valence-electron chi connectivity index (χ3n) is 5.32. The number of hydrogen-bond acceptors (Lipinski definition) is 16. The molecule has 1 aromatic carbocycles. The van der Waals surface area contributed by atoms with Gasteiger partial charge in [0.25, 0.3) is 0 Å². The van der Waals surface area contributed by atoms with E-state index in [0.717, 1.165) is 25.7 Å². The van der Waals surface area contributed by atoms with Crippen molar-refractivity contribution in [3.63, 3.8) is 0 Å². The molecule has 0 saturated heterocycles. The summed E-state index contributed by atoms with van der Waals surface area (Å²) >= 11 is 0. The zero-order valence-corrected chi connectivity index (χ0v) is 28.7. The van der Waals surface area contributed by atoms with E-state index in [4.69, 9.17) is 45.3 Å². The van der Waals surface area contributed by atoms with Crippen LogP contribution in [0.2, 0.25) is 0 Å². The number of urea groups is 1. The number of cyclic esters (lactones) is 2. The normalized spacial score (nSPS) is 9.87. The molecule has 21 heteroatoms. The third kappa shape index (κ3) is 38.8. The van der Waals surface area contributed by atoms with Crippen molar-refractivity contribution in [1.82, 2.24) is 0 Å². The van der Waals surface area contributed by atoms with Crippen molar-refractivity contribution in [1.29, 1.82) is 0 Å². The maximum Gasteiger partial charge on any atom is 0.346 e. The van der Waals surface area contributed by atoms with Gasteiger partial charge in [0.05, 0.1) is 50.6 Å². The monoisotopic (exact) mass is 748 g/mol. The van der Waals surface area contributed by atoms with Crippen molar-refractivity contribution in [2.45, 2.75) is 58.3 Å². The molecule has 0 bridgehead atoms. The van der Waals surface area contributed by atoms with Gasteiger partial charge in [-0.2, -0.15) is 0 Å². The average Bonchev–Trinajstić information content (AvgIpc) is 3.41. The lowest BCUT2D eigenvalue weighted by Crippen LogP contribution is -2.35. The number of unbranched alkanes of at least 4 members (excludes halogenated alkanes) is 4. The van der Waals surface area contributed by atoms with Crippen LogP contribution in [-0.4, -0.2) is 130 Å². The minimum Gasteiger partial charge on any atom is -0.481 e. The number of rotatable bonds is 16. The molecule has 0 aromatic heterocycles. The maximum atomic E-state index is 10.8. The van der Waals surface area contributed by atoms with Crippen LogP contribution in [0.15, 0.2) is 34.3 Å². The van der Waals surface area contributed by atoms with Crippen molar-refractivity contribution in [3.8, 4) is 0 Å². The number of ether oxygens (including phenoxy) is 1. The second kappa shape index (κ2) is 39.7. The van der Waals surface area contributed by atoms with Crippen LogP contribution >= 0.6 is 0 Å². The molecule has 2 rings (SSSR count). The Morgan fingerprint density at radius 1 is 0.712 bits per heavy atom. The summed E-state index contributed by atoms with van der Waals surface area (Å²) in [5.41, 5.74) is 7.83. The van der Waals surface area contributed by atoms with Gasteiger partial charge in [-0.05, 0) is 44.7 Å². The molecule has 0 atom stereocenters. The molecule has 0 fully saturated rings. The van der Waals surface area contributed by atoms with Gasteiger partial charge in [0.1, 0.15) is 12.2 Å². The molecule has 2 amide bonds. The topological polar surface area (TPSA) is 381 Å². The molecule has 52 heavy (non-hydrogen) atoms. The van der Waals surface area contributed by atoms with Crippen LogP contribution in [0.25, 0.3) is 0 Å². The predicted octanol–water partition coefficient (Wildman–Crippen LogP) is -0.197. The zero-order valence-electron chi connectivity index (χ0n) is 28.7. The van der Waals surface area contributed by atoms with Gasteiger partial charge in [0, 0.05) is 12.8 Å². The van der Waals surface area contributed by atoms with Crippen LogP contribution in [-0.2, 0) is 33.5 Å². The summed E-state index contributed by atoms with van der Waals surface area (Å²) in [6.45, 7) is 3.05. The Morgan fingerprint density at radius 3 is 1.25 bits per heavy atom. The van der Waals surface area contributed by atoms with E-state index in [0.29, 0.717) is 37.1 Å². The molecule has 0 radical (unpaired) electrons. The predicted molar refractivity (Wildman–Crippen MR) is 179 cm³/mol. The Kier molecular flexibility index (Phi) is 42.6. The van der Waals surface area contributed by atoms with Crippen molar-refractivity contribution in [3.05, 3.63) is 35.4 Å². The molecule has 21 nitrogen and oxygen atoms in total. The SMILES string of the molecule is C=O.CC(CO)(CO)C(=O)O.NC(N)=O.O=C(O)CCCCC(=O)O.O=C1OC(=O)c2ccccc21.O=C=NCCCCCCN=C=O.OCCO. The largest absolute Gasteiger partial charge is 0.481 e. The van der Waals surface area contributed by atoms with Gasteiger partial charge in [0.2, 0.25) is 12.2 Å². The zero-order chi connectivity index (χ0) is 41.4. The second-order valence-corrected chi connectivity index (χ2v) is 9.61. The molecule has 1 aliphatic heterocycles. The first-order chi connectivity index (χ1) is 24.5. The molecule has 1 aliphatic rings. The minimum absolute atomic E-state index is 0.0628. The fourth-order valence-electron chi connectivity index (χ4n) is 2.60. The fraction of sp³-hybridized carbons (Fsp3) is 0.516. The highest BCUT2D eigenvalue weighted by Crippen LogP contribution is 2.18. The van der Waals surface area contributed by atoms with Gasteiger partial charge >= 0.3 is 35.9 Å². The summed E-state index contributed by atoms with van der Waals surface area (Å²) in [5.74, 6) is -4.03. The molecule has 294 valence electrons. The van der Waals surface area contributed by atoms with Crippen molar-refractivity contribution >= 4 is 54.8 Å². The maximum absolute atomic E-state index is 10.8. The Labute approximate surface area is 298 Å². The van der Waals surface area contributed by atoms with Gasteiger partial charge in [-0.1, -0.05) is 25.0 Å². The number of esters is 2. The molecular formula is C31H48N4O17. The Balaban J connectivity index is -0.000000174. The average molecular weight is 749 g/mol. The van der Waals surface area contributed by atoms with E-state index in [9.17, 15) is 33.6 Å². The van der Waals surface area contributed by atoms with E-state index in [1.54, 1.807) is 24.3 Å². The lowest BCUT2D eigenvalue weighted by Gasteiger charge is -2.17. The highest BCUT2D eigenvalue weighted by atomic mass is 16.6. The number of hydrogen-bond donors (Lipinski definition) is 9. The van der Waals surface area contributed by atoms with Crippen molar-refractivity contribution < 1.29 is 83.6 Å². The van der Waals surface area contributed by atoms with E-state index in [1.807, 2.05) is 6.79 Å². The first kappa shape index (κ1) is 55.7. The highest BCUT2D eigenvalue weighted by molar-refractivity contribution is 6.14. The number of aliphatic imine (C=N–C) groups is 2. The first-order valence-corrected chi connectivity index (χ1v) is 14.9. The van der Waals surface area contributed by atoms with Crippen LogP contribution < -0.4 is 11.5 Å². The molecule has 1 aromatic rings. The van der Waals surface area contributed by atoms with E-state index < -0.39 is 54.5 Å². The summed E-state index contributed by atoms with van der Waals surface area (Å²) < 4.78 is 4.35. The number of primary amides is 2. The smallest absolute Gasteiger partial charge is 0.346 e. The summed E-state index contributed by atoms with van der Waals surface area (Å²) in [7, 11) is 0. The van der Waals surface area contributed by atoms with E-state index >= 15 is 0 Å². The van der Waals surface area contributed by atoms with Crippen molar-refractivity contribution in [2.24, 2.45) is 26.9 Å². The van der Waals surface area contributed by atoms with Gasteiger partial charge in [0.15, 0.2) is 0 Å². The second-order valence-electron chi connectivity index (χ2n) is 9.61. The van der Waals surface area contributed by atoms with Crippen molar-refractivity contribution in [2.75, 3.05) is 39.5 Å². The molecule has 0 unspecified atom stereocenters. The summed E-state index contributed by atoms with van der Waals surface area (Å²) in [4.78, 5) is 94.7. The molecule has 0 spiro atoms. The van der Waals surface area contributed by atoms with Crippen LogP contribution in [0.3, 0.4) is 0 Å². The highest BCUT2D eigenvalue weighted by Gasteiger charge is 2.31. The van der Waals surface area contributed by atoms with Gasteiger partial charge in [-0.25, -0.2) is 34.0 Å². The third-order valence-corrected chi connectivity index (χ3v) is 5.32. The molecule has 0 saturated carbocycles. The number of carbonyl (C=O) groups excluding carboxylic acids is 6. The quantitative estimate of drug-likeness (QED) is 0.0347. The number of aliphatic carboxylic acids is 3. The fourth-order valence-corrected chi connectivity index (χ4v) is 2.60. The number of nitrogens with two attached hydrogens (primary N) is 2. The number of fused-ring (bicyclic) bond motifs is 1. The van der Waals surface area contributed by atoms with Gasteiger partial charge < -0.3 is 56.7 Å². The number of carboxylic acid groups (broad SMARTS) is 3. The summed E-state index contributed by atoms with van der Waals surface area (Å²) in [6.07, 6.45) is 7.82. The van der Waals surface area contributed by atoms with E-state index in [-0.39, 0.29) is 26.1 Å². The number of isocyanates is 2. The van der Waals surface area contributed by atoms with Crippen LogP contribution in [0.5, 0.6) is 0 Å². The Hall–Kier alpha value is -5.69. The van der Waals surface area contributed by atoms with Crippen LogP contribution in [0, 0.1) is 5.41 Å². The summed E-state index contributed by atoms with van der Waals surface area (Å²) in [5, 5.41) is 56.7. The number of carboxylic acids is 3. The minimum atomic E-state index is -1.39. The first-order valence-electron chi connectivity index (χ1n) is 14.9.